The second-order valence-corrected chi connectivity index (χ2v) is 6.59. The third kappa shape index (κ3) is 5.43. The van der Waals surface area contributed by atoms with Crippen LogP contribution in [0.3, 0.4) is 0 Å². The standard InChI is InChI=1S/C21H17BrN2O3/c22-18-8-11-20(25)17(12-18)13-23-24-21(26)14-27-19-9-6-16(7-10-19)15-4-2-1-3-5-15/h1-13,25H,14H2,(H,24,26). The van der Waals surface area contributed by atoms with Gasteiger partial charge in [0.15, 0.2) is 6.61 Å². The fourth-order valence-electron chi connectivity index (χ4n) is 2.36. The molecule has 0 spiro atoms. The molecule has 0 atom stereocenters. The predicted molar refractivity (Wildman–Crippen MR) is 109 cm³/mol. The molecule has 0 aliphatic carbocycles. The van der Waals surface area contributed by atoms with Crippen LogP contribution < -0.4 is 10.2 Å². The van der Waals surface area contributed by atoms with Gasteiger partial charge >= 0.3 is 0 Å². The number of hydrogen-bond donors (Lipinski definition) is 2. The third-order valence-corrected chi connectivity index (χ3v) is 4.21. The number of nitrogens with zero attached hydrogens (tertiary/aromatic N) is 1. The molecule has 136 valence electrons. The van der Waals surface area contributed by atoms with Crippen LogP contribution in [-0.4, -0.2) is 23.8 Å². The molecule has 3 rings (SSSR count). The van der Waals surface area contributed by atoms with Crippen LogP contribution in [0.1, 0.15) is 5.56 Å². The summed E-state index contributed by atoms with van der Waals surface area (Å²) in [4.78, 5) is 11.8. The van der Waals surface area contributed by atoms with Crippen LogP contribution >= 0.6 is 15.9 Å². The lowest BCUT2D eigenvalue weighted by Crippen LogP contribution is -2.24. The number of hydrazone groups is 1. The molecule has 0 aromatic heterocycles. The molecule has 0 saturated carbocycles. The molecule has 6 heteroatoms. The van der Waals surface area contributed by atoms with Crippen molar-refractivity contribution in [1.82, 2.24) is 5.43 Å². The van der Waals surface area contributed by atoms with E-state index < -0.39 is 5.91 Å². The molecule has 3 aromatic rings. The number of aromatic hydroxyl groups is 1. The summed E-state index contributed by atoms with van der Waals surface area (Å²) in [6.07, 6.45) is 1.37. The van der Waals surface area contributed by atoms with Crippen LogP contribution in [-0.2, 0) is 4.79 Å². The van der Waals surface area contributed by atoms with Gasteiger partial charge in [0, 0.05) is 10.0 Å². The Hall–Kier alpha value is -3.12. The van der Waals surface area contributed by atoms with Gasteiger partial charge in [-0.25, -0.2) is 5.43 Å². The zero-order chi connectivity index (χ0) is 19.1. The molecule has 0 saturated heterocycles. The van der Waals surface area contributed by atoms with E-state index in [1.165, 1.54) is 12.3 Å². The molecule has 3 aromatic carbocycles. The van der Waals surface area contributed by atoms with E-state index in [1.807, 2.05) is 54.6 Å². The van der Waals surface area contributed by atoms with Crippen molar-refractivity contribution in [3.05, 3.63) is 82.8 Å². The minimum absolute atomic E-state index is 0.0750. The van der Waals surface area contributed by atoms with Crippen LogP contribution in [0, 0.1) is 0 Å². The molecule has 0 aliphatic rings. The Labute approximate surface area is 165 Å². The first-order valence-corrected chi connectivity index (χ1v) is 9.00. The van der Waals surface area contributed by atoms with E-state index in [0.717, 1.165) is 15.6 Å². The van der Waals surface area contributed by atoms with Crippen molar-refractivity contribution in [2.45, 2.75) is 0 Å². The van der Waals surface area contributed by atoms with Gasteiger partial charge in [-0.05, 0) is 41.5 Å². The van der Waals surface area contributed by atoms with E-state index in [-0.39, 0.29) is 12.4 Å². The lowest BCUT2D eigenvalue weighted by molar-refractivity contribution is -0.123. The molecule has 0 radical (unpaired) electrons. The van der Waals surface area contributed by atoms with E-state index in [1.54, 1.807) is 12.1 Å². The zero-order valence-corrected chi connectivity index (χ0v) is 15.9. The van der Waals surface area contributed by atoms with Crippen molar-refractivity contribution in [2.75, 3.05) is 6.61 Å². The number of benzene rings is 3. The highest BCUT2D eigenvalue weighted by atomic mass is 79.9. The van der Waals surface area contributed by atoms with E-state index in [4.69, 9.17) is 4.74 Å². The van der Waals surface area contributed by atoms with Gasteiger partial charge in [-0.2, -0.15) is 5.10 Å². The molecular formula is C21H17BrN2O3. The van der Waals surface area contributed by atoms with E-state index in [0.29, 0.717) is 11.3 Å². The van der Waals surface area contributed by atoms with Crippen LogP contribution in [0.15, 0.2) is 82.4 Å². The second-order valence-electron chi connectivity index (χ2n) is 5.68. The maximum atomic E-state index is 11.8. The lowest BCUT2D eigenvalue weighted by atomic mass is 10.1. The average Bonchev–Trinajstić information content (AvgIpc) is 2.70. The summed E-state index contributed by atoms with van der Waals surface area (Å²) in [7, 11) is 0. The Balaban J connectivity index is 1.50. The van der Waals surface area contributed by atoms with E-state index in [9.17, 15) is 9.90 Å². The molecule has 27 heavy (non-hydrogen) atoms. The first-order valence-electron chi connectivity index (χ1n) is 8.20. The normalized spacial score (nSPS) is 10.7. The quantitative estimate of drug-likeness (QED) is 0.456. The molecule has 2 N–H and O–H groups in total. The Kier molecular flexibility index (Phi) is 6.22. The fraction of sp³-hybridized carbons (Fsp3) is 0.0476. The van der Waals surface area contributed by atoms with Gasteiger partial charge in [-0.15, -0.1) is 0 Å². The molecule has 0 unspecified atom stereocenters. The van der Waals surface area contributed by atoms with Gasteiger partial charge in [0.1, 0.15) is 11.5 Å². The average molecular weight is 425 g/mol. The zero-order valence-electron chi connectivity index (χ0n) is 14.3. The second kappa shape index (κ2) is 9.00. The lowest BCUT2D eigenvalue weighted by Gasteiger charge is -2.07. The first kappa shape index (κ1) is 18.7. The third-order valence-electron chi connectivity index (χ3n) is 3.71. The van der Waals surface area contributed by atoms with Gasteiger partial charge < -0.3 is 9.84 Å². The Bertz CT molecular complexity index is 941. The smallest absolute Gasteiger partial charge is 0.277 e. The highest BCUT2D eigenvalue weighted by Crippen LogP contribution is 2.22. The van der Waals surface area contributed by atoms with Crippen LogP contribution in [0.25, 0.3) is 11.1 Å². The summed E-state index contributed by atoms with van der Waals surface area (Å²) in [6, 6.07) is 22.5. The van der Waals surface area contributed by atoms with Gasteiger partial charge in [0.25, 0.3) is 5.91 Å². The summed E-state index contributed by atoms with van der Waals surface area (Å²) in [5.74, 6) is 0.275. The largest absolute Gasteiger partial charge is 0.507 e. The maximum absolute atomic E-state index is 11.8. The maximum Gasteiger partial charge on any atom is 0.277 e. The van der Waals surface area contributed by atoms with Crippen LogP contribution in [0.5, 0.6) is 11.5 Å². The number of hydrogen-bond acceptors (Lipinski definition) is 4. The predicted octanol–water partition coefficient (Wildman–Crippen LogP) is 4.35. The number of rotatable bonds is 6. The van der Waals surface area contributed by atoms with E-state index in [2.05, 4.69) is 26.5 Å². The van der Waals surface area contributed by atoms with Crippen molar-refractivity contribution in [3.8, 4) is 22.6 Å². The number of nitrogens with one attached hydrogen (secondary N) is 1. The summed E-state index contributed by atoms with van der Waals surface area (Å²) in [5, 5.41) is 13.5. The molecule has 0 heterocycles. The Morgan fingerprint density at radius 1 is 1.04 bits per heavy atom. The number of carbonyl (C=O) groups excluding carboxylic acids is 1. The number of phenols is 1. The first-order chi connectivity index (χ1) is 13.1. The van der Waals surface area contributed by atoms with Gasteiger partial charge in [0.2, 0.25) is 0 Å². The minimum atomic E-state index is -0.395. The Morgan fingerprint density at radius 2 is 1.74 bits per heavy atom. The fourth-order valence-corrected chi connectivity index (χ4v) is 2.74. The van der Waals surface area contributed by atoms with Crippen LogP contribution in [0.2, 0.25) is 0 Å². The van der Waals surface area contributed by atoms with Crippen molar-refractivity contribution >= 4 is 28.1 Å². The molecular weight excluding hydrogens is 408 g/mol. The number of carbonyl (C=O) groups is 1. The van der Waals surface area contributed by atoms with Gasteiger partial charge in [-0.1, -0.05) is 58.4 Å². The van der Waals surface area contributed by atoms with Crippen molar-refractivity contribution in [3.63, 3.8) is 0 Å². The highest BCUT2D eigenvalue weighted by Gasteiger charge is 2.03. The summed E-state index contributed by atoms with van der Waals surface area (Å²) >= 11 is 3.31. The van der Waals surface area contributed by atoms with E-state index >= 15 is 0 Å². The molecule has 0 fully saturated rings. The number of phenolic OH excluding ortho intramolecular Hbond substituents is 1. The molecule has 0 bridgehead atoms. The van der Waals surface area contributed by atoms with Crippen molar-refractivity contribution < 1.29 is 14.6 Å². The van der Waals surface area contributed by atoms with Gasteiger partial charge in [0.05, 0.1) is 6.21 Å². The summed E-state index contributed by atoms with van der Waals surface area (Å²) in [5.41, 5.74) is 5.04. The molecule has 5 nitrogen and oxygen atoms in total. The van der Waals surface area contributed by atoms with Crippen LogP contribution in [0.4, 0.5) is 0 Å². The number of ether oxygens (including phenoxy) is 1. The molecule has 0 aliphatic heterocycles. The molecule has 1 amide bonds. The van der Waals surface area contributed by atoms with Crippen molar-refractivity contribution in [2.24, 2.45) is 5.10 Å². The number of amides is 1. The highest BCUT2D eigenvalue weighted by molar-refractivity contribution is 9.10. The Morgan fingerprint density at radius 3 is 2.48 bits per heavy atom. The van der Waals surface area contributed by atoms with Gasteiger partial charge in [-0.3, -0.25) is 4.79 Å². The topological polar surface area (TPSA) is 70.9 Å². The number of halogens is 1. The monoisotopic (exact) mass is 424 g/mol. The SMILES string of the molecule is O=C(COc1ccc(-c2ccccc2)cc1)NN=Cc1cc(Br)ccc1O. The van der Waals surface area contributed by atoms with Crippen molar-refractivity contribution in [1.29, 1.82) is 0 Å². The summed E-state index contributed by atoms with van der Waals surface area (Å²) < 4.78 is 6.26. The minimum Gasteiger partial charge on any atom is -0.507 e. The summed E-state index contributed by atoms with van der Waals surface area (Å²) in [6.45, 7) is -0.160.